The molecule has 6 heteroatoms. The Labute approximate surface area is 181 Å². The molecule has 3 rings (SSSR count). The van der Waals surface area contributed by atoms with Crippen LogP contribution >= 0.6 is 0 Å². The first-order valence-electron chi connectivity index (χ1n) is 9.59. The molecular formula is C25H22N2O4. The number of ether oxygens (including phenoxy) is 3. The normalized spacial score (nSPS) is 10.4. The van der Waals surface area contributed by atoms with Crippen molar-refractivity contribution in [3.8, 4) is 29.1 Å². The lowest BCUT2D eigenvalue weighted by molar-refractivity contribution is -0.111. The number of carbonyl (C=O) groups excluding carboxylic acids is 1. The number of anilines is 1. The molecule has 1 N–H and O–H groups in total. The fourth-order valence-electron chi connectivity index (χ4n) is 2.72. The number of benzene rings is 3. The van der Waals surface area contributed by atoms with E-state index in [-0.39, 0.29) is 12.5 Å². The van der Waals surface area contributed by atoms with Gasteiger partial charge in [0.25, 0.3) is 0 Å². The zero-order valence-corrected chi connectivity index (χ0v) is 17.3. The van der Waals surface area contributed by atoms with E-state index in [1.165, 1.54) is 18.7 Å². The molecule has 0 fully saturated rings. The van der Waals surface area contributed by atoms with Crippen LogP contribution in [0.5, 0.6) is 23.0 Å². The summed E-state index contributed by atoms with van der Waals surface area (Å²) in [7, 11) is 1.51. The third kappa shape index (κ3) is 6.38. The SMILES string of the molecule is COc1cc(C=CC(=O)Nc2ccc(Oc3ccc(C)cc3)cc2)ccc1OCC#N. The molecule has 0 bridgehead atoms. The zero-order valence-electron chi connectivity index (χ0n) is 17.3. The molecule has 0 spiro atoms. The number of nitriles is 1. The van der Waals surface area contributed by atoms with Gasteiger partial charge >= 0.3 is 0 Å². The number of hydrogen-bond donors (Lipinski definition) is 1. The molecule has 0 aliphatic carbocycles. The maximum atomic E-state index is 12.2. The molecule has 0 saturated carbocycles. The Hall–Kier alpha value is -4.24. The smallest absolute Gasteiger partial charge is 0.248 e. The summed E-state index contributed by atoms with van der Waals surface area (Å²) < 4.78 is 16.3. The van der Waals surface area contributed by atoms with Gasteiger partial charge in [-0.25, -0.2) is 0 Å². The van der Waals surface area contributed by atoms with E-state index in [9.17, 15) is 4.79 Å². The largest absolute Gasteiger partial charge is 0.493 e. The first-order chi connectivity index (χ1) is 15.1. The van der Waals surface area contributed by atoms with Gasteiger partial charge in [0.1, 0.15) is 17.6 Å². The molecule has 0 heterocycles. The third-order valence-electron chi connectivity index (χ3n) is 4.29. The molecular weight excluding hydrogens is 392 g/mol. The maximum absolute atomic E-state index is 12.2. The van der Waals surface area contributed by atoms with Crippen molar-refractivity contribution in [1.29, 1.82) is 5.26 Å². The third-order valence-corrected chi connectivity index (χ3v) is 4.29. The Bertz CT molecular complexity index is 1100. The first-order valence-corrected chi connectivity index (χ1v) is 9.59. The van der Waals surface area contributed by atoms with Gasteiger partial charge < -0.3 is 19.5 Å². The molecule has 0 aromatic heterocycles. The lowest BCUT2D eigenvalue weighted by atomic mass is 10.2. The van der Waals surface area contributed by atoms with Crippen LogP contribution in [0.15, 0.2) is 72.8 Å². The molecule has 6 nitrogen and oxygen atoms in total. The Balaban J connectivity index is 1.58. The van der Waals surface area contributed by atoms with Crippen molar-refractivity contribution in [2.45, 2.75) is 6.92 Å². The van der Waals surface area contributed by atoms with Crippen molar-refractivity contribution in [3.05, 3.63) is 83.9 Å². The quantitative estimate of drug-likeness (QED) is 0.503. The second-order valence-electron chi connectivity index (χ2n) is 6.62. The highest BCUT2D eigenvalue weighted by molar-refractivity contribution is 6.02. The molecule has 0 atom stereocenters. The van der Waals surface area contributed by atoms with Crippen molar-refractivity contribution in [3.63, 3.8) is 0 Å². The molecule has 0 aliphatic heterocycles. The van der Waals surface area contributed by atoms with E-state index in [2.05, 4.69) is 5.32 Å². The fraction of sp³-hybridized carbons (Fsp3) is 0.120. The van der Waals surface area contributed by atoms with E-state index in [4.69, 9.17) is 19.5 Å². The van der Waals surface area contributed by atoms with Crippen molar-refractivity contribution >= 4 is 17.7 Å². The number of aryl methyl sites for hydroxylation is 1. The van der Waals surface area contributed by atoms with Gasteiger partial charge in [-0.3, -0.25) is 4.79 Å². The Morgan fingerprint density at radius 2 is 1.68 bits per heavy atom. The maximum Gasteiger partial charge on any atom is 0.248 e. The average Bonchev–Trinajstić information content (AvgIpc) is 2.79. The Morgan fingerprint density at radius 3 is 2.32 bits per heavy atom. The predicted octanol–water partition coefficient (Wildman–Crippen LogP) is 5.35. The molecule has 0 unspecified atom stereocenters. The molecule has 0 saturated heterocycles. The number of nitrogens with one attached hydrogen (secondary N) is 1. The number of nitrogens with zero attached hydrogens (tertiary/aromatic N) is 1. The van der Waals surface area contributed by atoms with E-state index in [0.717, 1.165) is 11.3 Å². The van der Waals surface area contributed by atoms with Crippen molar-refractivity contribution in [2.75, 3.05) is 19.0 Å². The zero-order chi connectivity index (χ0) is 22.1. The highest BCUT2D eigenvalue weighted by Gasteiger charge is 2.05. The predicted molar refractivity (Wildman–Crippen MR) is 119 cm³/mol. The van der Waals surface area contributed by atoms with Crippen molar-refractivity contribution < 1.29 is 19.0 Å². The highest BCUT2D eigenvalue weighted by Crippen LogP contribution is 2.28. The van der Waals surface area contributed by atoms with E-state index >= 15 is 0 Å². The number of amides is 1. The number of methoxy groups -OCH3 is 1. The number of hydrogen-bond acceptors (Lipinski definition) is 5. The van der Waals surface area contributed by atoms with Crippen LogP contribution in [-0.4, -0.2) is 19.6 Å². The van der Waals surface area contributed by atoms with E-state index in [1.807, 2.05) is 37.3 Å². The number of rotatable bonds is 8. The molecule has 31 heavy (non-hydrogen) atoms. The van der Waals surface area contributed by atoms with Gasteiger partial charge in [-0.2, -0.15) is 5.26 Å². The van der Waals surface area contributed by atoms with Gasteiger partial charge in [-0.15, -0.1) is 0 Å². The van der Waals surface area contributed by atoms with Crippen LogP contribution in [0, 0.1) is 18.3 Å². The van der Waals surface area contributed by atoms with Crippen molar-refractivity contribution in [2.24, 2.45) is 0 Å². The fourth-order valence-corrected chi connectivity index (χ4v) is 2.72. The average molecular weight is 414 g/mol. The van der Waals surface area contributed by atoms with E-state index < -0.39 is 0 Å². The van der Waals surface area contributed by atoms with Crippen molar-refractivity contribution in [1.82, 2.24) is 0 Å². The minimum absolute atomic E-state index is 0.0667. The summed E-state index contributed by atoms with van der Waals surface area (Å²) in [5.41, 5.74) is 2.59. The Kier molecular flexibility index (Phi) is 7.28. The minimum Gasteiger partial charge on any atom is -0.493 e. The molecule has 3 aromatic carbocycles. The second kappa shape index (κ2) is 10.5. The molecule has 0 aliphatic rings. The van der Waals surface area contributed by atoms with Crippen LogP contribution < -0.4 is 19.5 Å². The first kappa shape index (κ1) is 21.5. The molecule has 156 valence electrons. The van der Waals surface area contributed by atoms with Gasteiger partial charge in [0.05, 0.1) is 7.11 Å². The number of carbonyl (C=O) groups is 1. The Morgan fingerprint density at radius 1 is 1.00 bits per heavy atom. The van der Waals surface area contributed by atoms with Crippen LogP contribution in [0.25, 0.3) is 6.08 Å². The van der Waals surface area contributed by atoms with Crippen LogP contribution in [0.3, 0.4) is 0 Å². The molecule has 1 amide bonds. The van der Waals surface area contributed by atoms with E-state index in [1.54, 1.807) is 48.5 Å². The molecule has 0 radical (unpaired) electrons. The summed E-state index contributed by atoms with van der Waals surface area (Å²) in [5, 5.41) is 11.4. The molecule has 3 aromatic rings. The van der Waals surface area contributed by atoms with Gasteiger partial charge in [0, 0.05) is 11.8 Å². The van der Waals surface area contributed by atoms with Crippen LogP contribution in [0.2, 0.25) is 0 Å². The summed E-state index contributed by atoms with van der Waals surface area (Å²) in [6.07, 6.45) is 3.10. The topological polar surface area (TPSA) is 80.6 Å². The second-order valence-corrected chi connectivity index (χ2v) is 6.62. The van der Waals surface area contributed by atoms with Gasteiger partial charge in [0.2, 0.25) is 5.91 Å². The van der Waals surface area contributed by atoms with Gasteiger partial charge in [0.15, 0.2) is 18.1 Å². The van der Waals surface area contributed by atoms with Crippen LogP contribution in [0.4, 0.5) is 5.69 Å². The lowest BCUT2D eigenvalue weighted by Gasteiger charge is -2.09. The summed E-state index contributed by atoms with van der Waals surface area (Å²) >= 11 is 0. The summed E-state index contributed by atoms with van der Waals surface area (Å²) in [4.78, 5) is 12.2. The monoisotopic (exact) mass is 414 g/mol. The minimum atomic E-state index is -0.268. The summed E-state index contributed by atoms with van der Waals surface area (Å²) in [6, 6.07) is 22.0. The van der Waals surface area contributed by atoms with Gasteiger partial charge in [-0.05, 0) is 67.1 Å². The lowest BCUT2D eigenvalue weighted by Crippen LogP contribution is -2.07. The standard InChI is InChI=1S/C25H22N2O4/c1-18-3-9-21(10-4-18)31-22-11-7-20(8-12-22)27-25(28)14-6-19-5-13-23(30-16-15-26)24(17-19)29-2/h3-14,17H,16H2,1-2H3,(H,27,28). The highest BCUT2D eigenvalue weighted by atomic mass is 16.5. The van der Waals surface area contributed by atoms with E-state index in [0.29, 0.717) is 22.9 Å². The summed E-state index contributed by atoms with van der Waals surface area (Å²) in [5.74, 6) is 2.13. The van der Waals surface area contributed by atoms with Crippen LogP contribution in [-0.2, 0) is 4.79 Å². The van der Waals surface area contributed by atoms with Gasteiger partial charge in [-0.1, -0.05) is 23.8 Å². The van der Waals surface area contributed by atoms with Crippen LogP contribution in [0.1, 0.15) is 11.1 Å². The summed E-state index contributed by atoms with van der Waals surface area (Å²) in [6.45, 7) is 1.95.